The molecule has 0 unspecified atom stereocenters. The molecule has 5 nitrogen and oxygen atoms in total. The van der Waals surface area contributed by atoms with Crippen LogP contribution < -0.4 is 4.90 Å². The first-order valence-electron chi connectivity index (χ1n) is 7.46. The molecule has 0 radical (unpaired) electrons. The summed E-state index contributed by atoms with van der Waals surface area (Å²) in [5.41, 5.74) is 2.29. The average molecular weight is 377 g/mol. The van der Waals surface area contributed by atoms with Gasteiger partial charge in [0.1, 0.15) is 0 Å². The second-order valence-electron chi connectivity index (χ2n) is 5.48. The summed E-state index contributed by atoms with van der Waals surface area (Å²) in [6.07, 6.45) is -1.29. The van der Waals surface area contributed by atoms with Gasteiger partial charge in [-0.15, -0.1) is 0 Å². The highest BCUT2D eigenvalue weighted by atomic mass is 35.5. The van der Waals surface area contributed by atoms with E-state index in [-0.39, 0.29) is 0 Å². The molecule has 7 heteroatoms. The zero-order valence-electron chi connectivity index (χ0n) is 13.5. The minimum Gasteiger partial charge on any atom is -0.430 e. The summed E-state index contributed by atoms with van der Waals surface area (Å²) in [4.78, 5) is 29.9. The third-order valence-electron chi connectivity index (χ3n) is 3.77. The van der Waals surface area contributed by atoms with Crippen molar-refractivity contribution in [2.75, 3.05) is 11.9 Å². The van der Waals surface area contributed by atoms with E-state index in [1.54, 1.807) is 43.4 Å². The van der Waals surface area contributed by atoms with Gasteiger partial charge in [0, 0.05) is 35.1 Å². The van der Waals surface area contributed by atoms with Gasteiger partial charge in [-0.3, -0.25) is 9.59 Å². The summed E-state index contributed by atoms with van der Waals surface area (Å²) in [6.45, 7) is 1.23. The predicted molar refractivity (Wildman–Crippen MR) is 97.5 cm³/mol. The average Bonchev–Trinajstić information content (AvgIpc) is 2.66. The molecule has 1 heterocycles. The summed E-state index contributed by atoms with van der Waals surface area (Å²) in [5, 5.41) is 0.955. The Hall–Kier alpha value is -2.37. The van der Waals surface area contributed by atoms with Crippen LogP contribution in [0.1, 0.15) is 18.1 Å². The first-order chi connectivity index (χ1) is 11.9. The Kier molecular flexibility index (Phi) is 4.79. The maximum absolute atomic E-state index is 12.7. The molecule has 2 aromatic rings. The lowest BCUT2D eigenvalue weighted by molar-refractivity contribution is -0.152. The number of esters is 1. The Balaban J connectivity index is 2.28. The van der Waals surface area contributed by atoms with Crippen molar-refractivity contribution in [1.29, 1.82) is 0 Å². The van der Waals surface area contributed by atoms with Crippen LogP contribution in [0.15, 0.2) is 47.5 Å². The van der Waals surface area contributed by atoms with Gasteiger partial charge in [0.05, 0.1) is 11.4 Å². The normalized spacial score (nSPS) is 16.8. The number of ether oxygens (including phenoxy) is 1. The van der Waals surface area contributed by atoms with E-state index in [0.717, 1.165) is 0 Å². The fourth-order valence-corrected chi connectivity index (χ4v) is 3.02. The van der Waals surface area contributed by atoms with Crippen molar-refractivity contribution in [2.24, 2.45) is 4.99 Å². The van der Waals surface area contributed by atoms with Crippen molar-refractivity contribution in [2.45, 2.75) is 13.2 Å². The lowest BCUT2D eigenvalue weighted by Gasteiger charge is -2.20. The molecule has 1 atom stereocenters. The highest BCUT2D eigenvalue weighted by molar-refractivity contribution is 6.37. The molecule has 25 heavy (non-hydrogen) atoms. The number of anilines is 1. The van der Waals surface area contributed by atoms with E-state index in [2.05, 4.69) is 4.99 Å². The molecule has 0 saturated carbocycles. The van der Waals surface area contributed by atoms with Gasteiger partial charge in [0.15, 0.2) is 0 Å². The van der Waals surface area contributed by atoms with E-state index >= 15 is 0 Å². The first-order valence-corrected chi connectivity index (χ1v) is 8.21. The van der Waals surface area contributed by atoms with Gasteiger partial charge in [-0.25, -0.2) is 4.99 Å². The maximum Gasteiger partial charge on any atom is 0.305 e. The number of benzodiazepines with no additional fused rings is 1. The van der Waals surface area contributed by atoms with E-state index in [1.165, 1.54) is 11.8 Å². The van der Waals surface area contributed by atoms with Crippen molar-refractivity contribution in [3.8, 4) is 0 Å². The van der Waals surface area contributed by atoms with Crippen molar-refractivity contribution >= 4 is 46.5 Å². The van der Waals surface area contributed by atoms with Gasteiger partial charge in [-0.2, -0.15) is 0 Å². The summed E-state index contributed by atoms with van der Waals surface area (Å²) in [6, 6.07) is 12.2. The highest BCUT2D eigenvalue weighted by Gasteiger charge is 2.32. The number of aliphatic imine (C=N–C) groups is 1. The number of likely N-dealkylation sites (N-methyl/N-ethyl adjacent to an activating group) is 1. The molecule has 1 aliphatic heterocycles. The van der Waals surface area contributed by atoms with Gasteiger partial charge in [-0.1, -0.05) is 41.4 Å². The standard InChI is InChI=1S/C18H14Cl2N2O3/c1-10(23)25-17-18(24)22(2)15-8-7-11(19)9-13(15)16(21-17)12-5-3-4-6-14(12)20/h3-9,17H,1-2H3/t17-/m1/s1. The van der Waals surface area contributed by atoms with Gasteiger partial charge in [0.25, 0.3) is 12.1 Å². The SMILES string of the molecule is CC(=O)O[C@H]1N=C(c2ccccc2Cl)c2cc(Cl)ccc2N(C)C1=O. The minimum absolute atomic E-state index is 0.437. The van der Waals surface area contributed by atoms with Gasteiger partial charge < -0.3 is 9.64 Å². The Morgan fingerprint density at radius 3 is 2.56 bits per heavy atom. The molecule has 128 valence electrons. The largest absolute Gasteiger partial charge is 0.430 e. The van der Waals surface area contributed by atoms with Gasteiger partial charge in [-0.05, 0) is 24.3 Å². The molecule has 1 aliphatic rings. The number of amides is 1. The maximum atomic E-state index is 12.7. The van der Waals surface area contributed by atoms with Crippen LogP contribution in [0.2, 0.25) is 10.0 Å². The Morgan fingerprint density at radius 1 is 1.16 bits per heavy atom. The third kappa shape index (κ3) is 3.38. The molecule has 0 aliphatic carbocycles. The van der Waals surface area contributed by atoms with Crippen LogP contribution in [0, 0.1) is 0 Å². The van der Waals surface area contributed by atoms with Crippen molar-refractivity contribution in [3.05, 3.63) is 63.6 Å². The zero-order chi connectivity index (χ0) is 18.1. The fraction of sp³-hybridized carbons (Fsp3) is 0.167. The number of carbonyl (C=O) groups excluding carboxylic acids is 2. The molecule has 3 rings (SSSR count). The first kappa shape index (κ1) is 17.5. The van der Waals surface area contributed by atoms with Crippen molar-refractivity contribution in [1.82, 2.24) is 0 Å². The molecule has 0 aromatic heterocycles. The Bertz CT molecular complexity index is 896. The number of benzene rings is 2. The van der Waals surface area contributed by atoms with E-state index < -0.39 is 18.1 Å². The van der Waals surface area contributed by atoms with E-state index in [0.29, 0.717) is 32.6 Å². The monoisotopic (exact) mass is 376 g/mol. The highest BCUT2D eigenvalue weighted by Crippen LogP contribution is 2.32. The summed E-state index contributed by atoms with van der Waals surface area (Å²) < 4.78 is 5.11. The van der Waals surface area contributed by atoms with Crippen molar-refractivity contribution < 1.29 is 14.3 Å². The second-order valence-corrected chi connectivity index (χ2v) is 6.32. The lowest BCUT2D eigenvalue weighted by Crippen LogP contribution is -2.37. The Labute approximate surface area is 154 Å². The van der Waals surface area contributed by atoms with Crippen LogP contribution in [0.25, 0.3) is 0 Å². The molecule has 0 bridgehead atoms. The molecule has 0 N–H and O–H groups in total. The van der Waals surface area contributed by atoms with Crippen LogP contribution in [0.5, 0.6) is 0 Å². The quantitative estimate of drug-likeness (QED) is 0.750. The third-order valence-corrected chi connectivity index (χ3v) is 4.33. The molecule has 0 spiro atoms. The fourth-order valence-electron chi connectivity index (χ4n) is 2.62. The van der Waals surface area contributed by atoms with Crippen LogP contribution in [-0.4, -0.2) is 30.9 Å². The van der Waals surface area contributed by atoms with Crippen LogP contribution in [0.4, 0.5) is 5.69 Å². The smallest absolute Gasteiger partial charge is 0.305 e. The number of halogens is 2. The molecule has 0 fully saturated rings. The summed E-state index contributed by atoms with van der Waals surface area (Å²) in [7, 11) is 1.59. The topological polar surface area (TPSA) is 59.0 Å². The summed E-state index contributed by atoms with van der Waals surface area (Å²) >= 11 is 12.5. The number of carbonyl (C=O) groups is 2. The predicted octanol–water partition coefficient (Wildman–Crippen LogP) is 3.70. The number of hydrogen-bond donors (Lipinski definition) is 0. The zero-order valence-corrected chi connectivity index (χ0v) is 15.0. The van der Waals surface area contributed by atoms with Gasteiger partial charge in [0.2, 0.25) is 0 Å². The van der Waals surface area contributed by atoms with Gasteiger partial charge >= 0.3 is 5.97 Å². The van der Waals surface area contributed by atoms with E-state index in [4.69, 9.17) is 27.9 Å². The molecular weight excluding hydrogens is 363 g/mol. The lowest BCUT2D eigenvalue weighted by atomic mass is 10.0. The van der Waals surface area contributed by atoms with Crippen LogP contribution in [0.3, 0.4) is 0 Å². The summed E-state index contributed by atoms with van der Waals surface area (Å²) in [5.74, 6) is -1.06. The number of nitrogens with zero attached hydrogens (tertiary/aromatic N) is 2. The Morgan fingerprint density at radius 2 is 1.88 bits per heavy atom. The molecule has 0 saturated heterocycles. The number of fused-ring (bicyclic) bond motifs is 1. The molecule has 2 aromatic carbocycles. The van der Waals surface area contributed by atoms with Crippen LogP contribution >= 0.6 is 23.2 Å². The number of hydrogen-bond acceptors (Lipinski definition) is 4. The second kappa shape index (κ2) is 6.86. The van der Waals surface area contributed by atoms with Crippen LogP contribution in [-0.2, 0) is 14.3 Å². The molecule has 1 amide bonds. The molecular formula is C18H14Cl2N2O3. The number of rotatable bonds is 2. The van der Waals surface area contributed by atoms with Crippen molar-refractivity contribution in [3.63, 3.8) is 0 Å². The minimum atomic E-state index is -1.29. The van der Waals surface area contributed by atoms with E-state index in [1.807, 2.05) is 6.07 Å². The van der Waals surface area contributed by atoms with E-state index in [9.17, 15) is 9.59 Å².